The third-order valence-electron chi connectivity index (χ3n) is 3.19. The highest BCUT2D eigenvalue weighted by atomic mass is 79.9. The minimum Gasteiger partial charge on any atom is -0.195 e. The highest BCUT2D eigenvalue weighted by Crippen LogP contribution is 2.20. The molecule has 0 fully saturated rings. The van der Waals surface area contributed by atoms with Crippen molar-refractivity contribution in [2.45, 2.75) is 17.8 Å². The Morgan fingerprint density at radius 1 is 1.13 bits per heavy atom. The lowest BCUT2D eigenvalue weighted by Gasteiger charge is -2.02. The Kier molecular flexibility index (Phi) is 5.25. The standard InChI is InChI=1S/C17H15BrN4S/c1-13-2-4-15(5-3-13)11-23-17-21-19-12-22(17)20-10-14-6-8-16(18)9-7-14/h2-10,12H,11H2,1H3/b20-10+. The van der Waals surface area contributed by atoms with E-state index >= 15 is 0 Å². The smallest absolute Gasteiger partial charge is 0.195 e. The Hall–Kier alpha value is -1.92. The zero-order chi connectivity index (χ0) is 16.1. The molecule has 1 aromatic heterocycles. The Morgan fingerprint density at radius 3 is 2.61 bits per heavy atom. The molecule has 116 valence electrons. The zero-order valence-electron chi connectivity index (χ0n) is 12.6. The summed E-state index contributed by atoms with van der Waals surface area (Å²) in [6, 6.07) is 16.5. The van der Waals surface area contributed by atoms with E-state index in [1.807, 2.05) is 24.3 Å². The largest absolute Gasteiger partial charge is 0.212 e. The van der Waals surface area contributed by atoms with Gasteiger partial charge in [-0.05, 0) is 30.2 Å². The van der Waals surface area contributed by atoms with E-state index < -0.39 is 0 Å². The van der Waals surface area contributed by atoms with Crippen LogP contribution in [0.1, 0.15) is 16.7 Å². The van der Waals surface area contributed by atoms with E-state index in [-0.39, 0.29) is 0 Å². The van der Waals surface area contributed by atoms with Crippen LogP contribution in [0, 0.1) is 6.92 Å². The Bertz CT molecular complexity index is 794. The van der Waals surface area contributed by atoms with Crippen LogP contribution < -0.4 is 0 Å². The van der Waals surface area contributed by atoms with Crippen LogP contribution in [-0.2, 0) is 5.75 Å². The molecule has 6 heteroatoms. The van der Waals surface area contributed by atoms with Gasteiger partial charge in [0.25, 0.3) is 0 Å². The van der Waals surface area contributed by atoms with Gasteiger partial charge in [0.15, 0.2) is 0 Å². The molecule has 0 N–H and O–H groups in total. The molecule has 0 saturated heterocycles. The molecule has 23 heavy (non-hydrogen) atoms. The van der Waals surface area contributed by atoms with E-state index in [4.69, 9.17) is 0 Å². The zero-order valence-corrected chi connectivity index (χ0v) is 15.0. The molecule has 2 aromatic carbocycles. The lowest BCUT2D eigenvalue weighted by molar-refractivity contribution is 0.767. The summed E-state index contributed by atoms with van der Waals surface area (Å²) in [6.07, 6.45) is 3.42. The normalized spacial score (nSPS) is 11.2. The lowest BCUT2D eigenvalue weighted by Crippen LogP contribution is -1.92. The van der Waals surface area contributed by atoms with Crippen molar-refractivity contribution in [2.24, 2.45) is 5.10 Å². The SMILES string of the molecule is Cc1ccc(CSc2nncn2/N=C/c2ccc(Br)cc2)cc1. The van der Waals surface area contributed by atoms with Crippen LogP contribution >= 0.6 is 27.7 Å². The average molecular weight is 387 g/mol. The molecule has 0 bridgehead atoms. The minimum atomic E-state index is 0.777. The maximum atomic E-state index is 4.42. The van der Waals surface area contributed by atoms with Crippen molar-refractivity contribution >= 4 is 33.9 Å². The predicted octanol–water partition coefficient (Wildman–Crippen LogP) is 4.52. The van der Waals surface area contributed by atoms with Crippen LogP contribution in [0.5, 0.6) is 0 Å². The van der Waals surface area contributed by atoms with Gasteiger partial charge < -0.3 is 0 Å². The highest BCUT2D eigenvalue weighted by Gasteiger charge is 2.04. The first kappa shape index (κ1) is 16.0. The minimum absolute atomic E-state index is 0.777. The van der Waals surface area contributed by atoms with Gasteiger partial charge in [-0.25, -0.2) is 0 Å². The highest BCUT2D eigenvalue weighted by molar-refractivity contribution is 9.10. The number of thioether (sulfide) groups is 1. The molecular formula is C17H15BrN4S. The van der Waals surface area contributed by atoms with Gasteiger partial charge in [0.05, 0.1) is 6.21 Å². The maximum absolute atomic E-state index is 4.42. The van der Waals surface area contributed by atoms with Gasteiger partial charge in [-0.2, -0.15) is 9.78 Å². The molecule has 0 saturated carbocycles. The van der Waals surface area contributed by atoms with Crippen molar-refractivity contribution in [3.8, 4) is 0 Å². The molecule has 4 nitrogen and oxygen atoms in total. The van der Waals surface area contributed by atoms with Gasteiger partial charge in [0, 0.05) is 10.2 Å². The summed E-state index contributed by atoms with van der Waals surface area (Å²) in [4.78, 5) is 0. The number of rotatable bonds is 5. The van der Waals surface area contributed by atoms with Crippen LogP contribution in [-0.4, -0.2) is 21.1 Å². The van der Waals surface area contributed by atoms with Gasteiger partial charge in [-0.15, -0.1) is 10.2 Å². The Balaban J connectivity index is 1.67. The average Bonchev–Trinajstić information content (AvgIpc) is 3.01. The van der Waals surface area contributed by atoms with Crippen molar-refractivity contribution in [1.82, 2.24) is 14.9 Å². The van der Waals surface area contributed by atoms with E-state index in [0.717, 1.165) is 20.9 Å². The molecule has 0 aliphatic heterocycles. The number of halogens is 1. The molecular weight excluding hydrogens is 372 g/mol. The van der Waals surface area contributed by atoms with Crippen molar-refractivity contribution in [3.63, 3.8) is 0 Å². The first-order chi connectivity index (χ1) is 11.2. The quantitative estimate of drug-likeness (QED) is 0.478. The van der Waals surface area contributed by atoms with Gasteiger partial charge in [-0.3, -0.25) is 0 Å². The van der Waals surface area contributed by atoms with Crippen LogP contribution in [0.15, 0.2) is 69.6 Å². The van der Waals surface area contributed by atoms with Crippen molar-refractivity contribution in [2.75, 3.05) is 0 Å². The van der Waals surface area contributed by atoms with Crippen LogP contribution in [0.3, 0.4) is 0 Å². The van der Waals surface area contributed by atoms with Crippen molar-refractivity contribution in [3.05, 3.63) is 76.0 Å². The summed E-state index contributed by atoms with van der Waals surface area (Å²) in [5, 5.41) is 13.3. The van der Waals surface area contributed by atoms with E-state index in [1.165, 1.54) is 11.1 Å². The number of benzene rings is 2. The summed E-state index contributed by atoms with van der Waals surface area (Å²) in [5.41, 5.74) is 3.55. The second-order valence-corrected chi connectivity index (χ2v) is 6.89. The predicted molar refractivity (Wildman–Crippen MR) is 97.9 cm³/mol. The molecule has 0 atom stereocenters. The third kappa shape index (κ3) is 4.53. The maximum Gasteiger partial charge on any atom is 0.212 e. The molecule has 1 heterocycles. The van der Waals surface area contributed by atoms with Crippen LogP contribution in [0.4, 0.5) is 0 Å². The fourth-order valence-corrected chi connectivity index (χ4v) is 2.99. The first-order valence-corrected chi connectivity index (χ1v) is 8.87. The summed E-state index contributed by atoms with van der Waals surface area (Å²) in [6.45, 7) is 2.09. The summed E-state index contributed by atoms with van der Waals surface area (Å²) >= 11 is 5.04. The molecule has 0 amide bonds. The number of hydrogen-bond acceptors (Lipinski definition) is 4. The Labute approximate surface area is 147 Å². The van der Waals surface area contributed by atoms with Gasteiger partial charge >= 0.3 is 0 Å². The summed E-state index contributed by atoms with van der Waals surface area (Å²) < 4.78 is 2.74. The number of aryl methyl sites for hydroxylation is 1. The van der Waals surface area contributed by atoms with Crippen molar-refractivity contribution in [1.29, 1.82) is 0 Å². The monoisotopic (exact) mass is 386 g/mol. The van der Waals surface area contributed by atoms with Crippen molar-refractivity contribution < 1.29 is 0 Å². The number of aromatic nitrogens is 3. The third-order valence-corrected chi connectivity index (χ3v) is 4.72. The van der Waals surface area contributed by atoms with Gasteiger partial charge in [0.2, 0.25) is 5.16 Å². The lowest BCUT2D eigenvalue weighted by atomic mass is 10.2. The van der Waals surface area contributed by atoms with Gasteiger partial charge in [-0.1, -0.05) is 69.7 Å². The summed E-state index contributed by atoms with van der Waals surface area (Å²) in [5.74, 6) is 0.840. The van der Waals surface area contributed by atoms with E-state index in [9.17, 15) is 0 Å². The molecule has 0 unspecified atom stereocenters. The van der Waals surface area contributed by atoms with E-state index in [2.05, 4.69) is 62.4 Å². The Morgan fingerprint density at radius 2 is 1.87 bits per heavy atom. The second kappa shape index (κ2) is 7.57. The molecule has 0 radical (unpaired) electrons. The molecule has 3 rings (SSSR count). The number of hydrogen-bond donors (Lipinski definition) is 0. The summed E-state index contributed by atoms with van der Waals surface area (Å²) in [7, 11) is 0. The number of nitrogens with zero attached hydrogens (tertiary/aromatic N) is 4. The topological polar surface area (TPSA) is 43.1 Å². The fourth-order valence-electron chi connectivity index (χ4n) is 1.90. The van der Waals surface area contributed by atoms with E-state index in [0.29, 0.717) is 0 Å². The molecule has 0 spiro atoms. The van der Waals surface area contributed by atoms with Crippen LogP contribution in [0.2, 0.25) is 0 Å². The fraction of sp³-hybridized carbons (Fsp3) is 0.118. The molecule has 0 aliphatic rings. The molecule has 3 aromatic rings. The first-order valence-electron chi connectivity index (χ1n) is 7.09. The van der Waals surface area contributed by atoms with E-state index in [1.54, 1.807) is 29.0 Å². The molecule has 0 aliphatic carbocycles. The van der Waals surface area contributed by atoms with Gasteiger partial charge in [0.1, 0.15) is 6.33 Å². The van der Waals surface area contributed by atoms with Crippen LogP contribution in [0.25, 0.3) is 0 Å². The second-order valence-electron chi connectivity index (χ2n) is 5.03.